The largest absolute Gasteiger partial charge is 0.387 e. The monoisotopic (exact) mass is 436 g/mol. The molecule has 1 aliphatic rings. The van der Waals surface area contributed by atoms with Crippen LogP contribution >= 0.6 is 27.5 Å². The molecule has 1 heterocycles. The predicted octanol–water partition coefficient (Wildman–Crippen LogP) is 2.55. The molecule has 0 fully saturated rings. The van der Waals surface area contributed by atoms with Crippen molar-refractivity contribution < 1.29 is 19.5 Å². The van der Waals surface area contributed by atoms with Crippen LogP contribution in [0.25, 0.3) is 0 Å². The van der Waals surface area contributed by atoms with Crippen LogP contribution in [-0.2, 0) is 4.79 Å². The van der Waals surface area contributed by atoms with E-state index in [1.165, 1.54) is 0 Å². The number of aliphatic hydroxyl groups excluding tert-OH is 1. The zero-order valence-corrected chi connectivity index (χ0v) is 15.8. The van der Waals surface area contributed by atoms with Gasteiger partial charge in [0.15, 0.2) is 0 Å². The molecule has 1 aliphatic heterocycles. The lowest BCUT2D eigenvalue weighted by atomic mass is 10.1. The molecule has 3 rings (SSSR count). The molecule has 1 unspecified atom stereocenters. The Bertz CT molecular complexity index is 885. The van der Waals surface area contributed by atoms with E-state index in [9.17, 15) is 19.5 Å². The molecule has 8 heteroatoms. The van der Waals surface area contributed by atoms with E-state index in [0.717, 1.165) is 4.90 Å². The molecule has 0 bridgehead atoms. The van der Waals surface area contributed by atoms with Crippen molar-refractivity contribution in [3.05, 3.63) is 68.7 Å². The minimum absolute atomic E-state index is 0.0464. The zero-order valence-electron chi connectivity index (χ0n) is 13.4. The van der Waals surface area contributed by atoms with Gasteiger partial charge in [0.2, 0.25) is 5.91 Å². The number of halogens is 2. The first-order valence-electron chi connectivity index (χ1n) is 7.73. The van der Waals surface area contributed by atoms with Crippen molar-refractivity contribution in [2.24, 2.45) is 0 Å². The Labute approximate surface area is 162 Å². The van der Waals surface area contributed by atoms with Gasteiger partial charge in [-0.3, -0.25) is 19.3 Å². The van der Waals surface area contributed by atoms with E-state index in [0.29, 0.717) is 15.1 Å². The molecule has 0 saturated carbocycles. The number of benzene rings is 2. The maximum atomic E-state index is 12.3. The van der Waals surface area contributed by atoms with Crippen molar-refractivity contribution in [1.82, 2.24) is 10.2 Å². The summed E-state index contributed by atoms with van der Waals surface area (Å²) in [6, 6.07) is 11.3. The molecule has 134 valence electrons. The minimum Gasteiger partial charge on any atom is -0.387 e. The second-order valence-corrected chi connectivity index (χ2v) is 7.11. The van der Waals surface area contributed by atoms with Crippen molar-refractivity contribution in [3.8, 4) is 0 Å². The van der Waals surface area contributed by atoms with Gasteiger partial charge in [0, 0.05) is 16.0 Å². The average Bonchev–Trinajstić information content (AvgIpc) is 2.84. The van der Waals surface area contributed by atoms with Gasteiger partial charge in [-0.25, -0.2) is 0 Å². The minimum atomic E-state index is -0.922. The topological polar surface area (TPSA) is 86.7 Å². The van der Waals surface area contributed by atoms with Crippen LogP contribution in [0.5, 0.6) is 0 Å². The molecule has 1 atom stereocenters. The highest BCUT2D eigenvalue weighted by molar-refractivity contribution is 9.10. The molecule has 0 aliphatic carbocycles. The van der Waals surface area contributed by atoms with E-state index in [1.807, 2.05) is 0 Å². The number of amides is 3. The van der Waals surface area contributed by atoms with Gasteiger partial charge in [-0.15, -0.1) is 0 Å². The summed E-state index contributed by atoms with van der Waals surface area (Å²) in [5.41, 5.74) is 1.13. The summed E-state index contributed by atoms with van der Waals surface area (Å²) in [7, 11) is 0. The van der Waals surface area contributed by atoms with E-state index in [-0.39, 0.29) is 17.7 Å². The Morgan fingerprint density at radius 2 is 1.77 bits per heavy atom. The molecule has 0 radical (unpaired) electrons. The fourth-order valence-electron chi connectivity index (χ4n) is 2.62. The number of hydrogen-bond acceptors (Lipinski definition) is 4. The number of hydrogen-bond donors (Lipinski definition) is 2. The molecule has 2 aromatic carbocycles. The van der Waals surface area contributed by atoms with Gasteiger partial charge >= 0.3 is 0 Å². The normalized spacial score (nSPS) is 14.3. The van der Waals surface area contributed by atoms with Gasteiger partial charge in [0.25, 0.3) is 11.8 Å². The number of fused-ring (bicyclic) bond motifs is 1. The van der Waals surface area contributed by atoms with E-state index >= 15 is 0 Å². The van der Waals surface area contributed by atoms with Crippen molar-refractivity contribution in [3.63, 3.8) is 0 Å². The van der Waals surface area contributed by atoms with Crippen molar-refractivity contribution in [2.75, 3.05) is 13.1 Å². The first kappa shape index (κ1) is 18.6. The summed E-state index contributed by atoms with van der Waals surface area (Å²) < 4.78 is 0.676. The third kappa shape index (κ3) is 3.80. The first-order valence-corrected chi connectivity index (χ1v) is 8.90. The van der Waals surface area contributed by atoms with Crippen molar-refractivity contribution in [2.45, 2.75) is 6.10 Å². The van der Waals surface area contributed by atoms with Crippen LogP contribution < -0.4 is 5.32 Å². The average molecular weight is 438 g/mol. The summed E-state index contributed by atoms with van der Waals surface area (Å²) in [5, 5.41) is 13.2. The SMILES string of the molecule is O=C(CN1C(=O)c2ccc(Br)cc2C1=O)NCC(O)c1ccc(Cl)cc1. The quantitative estimate of drug-likeness (QED) is 0.704. The Balaban J connectivity index is 1.59. The fraction of sp³-hybridized carbons (Fsp3) is 0.167. The number of aliphatic hydroxyl groups is 1. The lowest BCUT2D eigenvalue weighted by molar-refractivity contribution is -0.121. The molecule has 6 nitrogen and oxygen atoms in total. The molecule has 2 N–H and O–H groups in total. The lowest BCUT2D eigenvalue weighted by Crippen LogP contribution is -2.41. The first-order chi connectivity index (χ1) is 12.4. The van der Waals surface area contributed by atoms with Gasteiger partial charge in [-0.1, -0.05) is 39.7 Å². The van der Waals surface area contributed by atoms with Crippen molar-refractivity contribution >= 4 is 45.3 Å². The smallest absolute Gasteiger partial charge is 0.262 e. The molecular formula is C18H14BrClN2O4. The summed E-state index contributed by atoms with van der Waals surface area (Å²) in [4.78, 5) is 37.6. The third-order valence-corrected chi connectivity index (χ3v) is 4.73. The summed E-state index contributed by atoms with van der Waals surface area (Å²) in [5.74, 6) is -1.56. The number of imide groups is 1. The molecule has 26 heavy (non-hydrogen) atoms. The summed E-state index contributed by atoms with van der Waals surface area (Å²) >= 11 is 9.04. The highest BCUT2D eigenvalue weighted by atomic mass is 79.9. The fourth-order valence-corrected chi connectivity index (χ4v) is 3.11. The Morgan fingerprint density at radius 1 is 1.12 bits per heavy atom. The standard InChI is InChI=1S/C18H14BrClN2O4/c19-11-3-6-13-14(7-11)18(26)22(17(13)25)9-16(24)21-8-15(23)10-1-4-12(20)5-2-10/h1-7,15,23H,8-9H2,(H,21,24). The van der Waals surface area contributed by atoms with Crippen molar-refractivity contribution in [1.29, 1.82) is 0 Å². The Morgan fingerprint density at radius 3 is 2.46 bits per heavy atom. The second-order valence-electron chi connectivity index (χ2n) is 5.76. The third-order valence-electron chi connectivity index (χ3n) is 3.98. The maximum absolute atomic E-state index is 12.3. The number of nitrogens with zero attached hydrogens (tertiary/aromatic N) is 1. The zero-order chi connectivity index (χ0) is 18.8. The van der Waals surface area contributed by atoms with E-state index in [1.54, 1.807) is 42.5 Å². The highest BCUT2D eigenvalue weighted by Crippen LogP contribution is 2.25. The van der Waals surface area contributed by atoms with Crippen LogP contribution in [-0.4, -0.2) is 40.8 Å². The van der Waals surface area contributed by atoms with Crippen LogP contribution in [0.2, 0.25) is 5.02 Å². The van der Waals surface area contributed by atoms with Gasteiger partial charge < -0.3 is 10.4 Å². The molecule has 2 aromatic rings. The molecule has 0 saturated heterocycles. The summed E-state index contributed by atoms with van der Waals surface area (Å²) in [6.45, 7) is -0.452. The second kappa shape index (κ2) is 7.57. The van der Waals surface area contributed by atoms with Crippen LogP contribution in [0.15, 0.2) is 46.9 Å². The lowest BCUT2D eigenvalue weighted by Gasteiger charge is -2.16. The predicted molar refractivity (Wildman–Crippen MR) is 98.9 cm³/mol. The number of nitrogens with one attached hydrogen (secondary N) is 1. The molecular weight excluding hydrogens is 424 g/mol. The maximum Gasteiger partial charge on any atom is 0.262 e. The van der Waals surface area contributed by atoms with Crippen LogP contribution in [0.1, 0.15) is 32.4 Å². The van der Waals surface area contributed by atoms with Gasteiger partial charge in [-0.05, 0) is 35.9 Å². The summed E-state index contributed by atoms with van der Waals surface area (Å²) in [6.07, 6.45) is -0.922. The Hall–Kier alpha value is -2.22. The Kier molecular flexibility index (Phi) is 5.41. The van der Waals surface area contributed by atoms with E-state index in [4.69, 9.17) is 11.6 Å². The van der Waals surface area contributed by atoms with Gasteiger partial charge in [0.1, 0.15) is 6.54 Å². The van der Waals surface area contributed by atoms with Crippen LogP contribution in [0.3, 0.4) is 0 Å². The number of rotatable bonds is 5. The molecule has 0 aromatic heterocycles. The van der Waals surface area contributed by atoms with E-state index in [2.05, 4.69) is 21.2 Å². The van der Waals surface area contributed by atoms with Crippen LogP contribution in [0, 0.1) is 0 Å². The van der Waals surface area contributed by atoms with Crippen LogP contribution in [0.4, 0.5) is 0 Å². The number of carbonyl (C=O) groups excluding carboxylic acids is 3. The number of carbonyl (C=O) groups is 3. The van der Waals surface area contributed by atoms with Gasteiger partial charge in [-0.2, -0.15) is 0 Å². The van der Waals surface area contributed by atoms with E-state index < -0.39 is 30.4 Å². The molecule has 3 amide bonds. The van der Waals surface area contributed by atoms with Gasteiger partial charge in [0.05, 0.1) is 17.2 Å². The highest BCUT2D eigenvalue weighted by Gasteiger charge is 2.36. The molecule has 0 spiro atoms.